The Morgan fingerprint density at radius 3 is 2.76 bits per heavy atom. The fourth-order valence-corrected chi connectivity index (χ4v) is 2.85. The standard InChI is InChI=1S/C16H22N2O3/c1-12-6-4-7-13(10-12)11-17(3)15(21)18-9-5-8-16(18,2)14(19)20/h4,6-7,10H,5,8-9,11H2,1-3H3,(H,19,20). The number of urea groups is 1. The molecular weight excluding hydrogens is 268 g/mol. The minimum Gasteiger partial charge on any atom is -0.480 e. The Labute approximate surface area is 125 Å². The zero-order valence-electron chi connectivity index (χ0n) is 12.8. The molecule has 0 bridgehead atoms. The average molecular weight is 290 g/mol. The molecule has 0 saturated carbocycles. The van der Waals surface area contributed by atoms with Crippen molar-refractivity contribution >= 4 is 12.0 Å². The number of likely N-dealkylation sites (tertiary alicyclic amines) is 1. The topological polar surface area (TPSA) is 60.9 Å². The highest BCUT2D eigenvalue weighted by molar-refractivity contribution is 5.86. The van der Waals surface area contributed by atoms with E-state index in [9.17, 15) is 14.7 Å². The van der Waals surface area contributed by atoms with Gasteiger partial charge in [0.05, 0.1) is 0 Å². The number of carboxylic acids is 1. The molecule has 0 spiro atoms. The highest BCUT2D eigenvalue weighted by atomic mass is 16.4. The van der Waals surface area contributed by atoms with Crippen molar-refractivity contribution in [3.63, 3.8) is 0 Å². The second-order valence-electron chi connectivity index (χ2n) is 5.96. The van der Waals surface area contributed by atoms with Crippen LogP contribution in [0.2, 0.25) is 0 Å². The van der Waals surface area contributed by atoms with Crippen LogP contribution >= 0.6 is 0 Å². The molecule has 21 heavy (non-hydrogen) atoms. The summed E-state index contributed by atoms with van der Waals surface area (Å²) in [6.07, 6.45) is 1.24. The first-order chi connectivity index (χ1) is 9.84. The second-order valence-corrected chi connectivity index (χ2v) is 5.96. The number of rotatable bonds is 3. The Bertz CT molecular complexity index is 558. The van der Waals surface area contributed by atoms with E-state index in [0.717, 1.165) is 17.5 Å². The summed E-state index contributed by atoms with van der Waals surface area (Å²) < 4.78 is 0. The Hall–Kier alpha value is -2.04. The van der Waals surface area contributed by atoms with Crippen molar-refractivity contribution in [3.05, 3.63) is 35.4 Å². The number of hydrogen-bond donors (Lipinski definition) is 1. The first-order valence-electron chi connectivity index (χ1n) is 7.16. The van der Waals surface area contributed by atoms with Crippen LogP contribution in [-0.4, -0.2) is 46.0 Å². The lowest BCUT2D eigenvalue weighted by Gasteiger charge is -2.34. The minimum atomic E-state index is -1.09. The number of aryl methyl sites for hydroxylation is 1. The zero-order chi connectivity index (χ0) is 15.6. The summed E-state index contributed by atoms with van der Waals surface area (Å²) in [6.45, 7) is 4.61. The molecule has 0 radical (unpaired) electrons. The maximum Gasteiger partial charge on any atom is 0.329 e. The van der Waals surface area contributed by atoms with E-state index in [1.54, 1.807) is 18.9 Å². The molecule has 1 aromatic rings. The fourth-order valence-electron chi connectivity index (χ4n) is 2.85. The molecule has 5 nitrogen and oxygen atoms in total. The number of nitrogens with zero attached hydrogens (tertiary/aromatic N) is 2. The van der Waals surface area contributed by atoms with Gasteiger partial charge in [-0.05, 0) is 32.3 Å². The average Bonchev–Trinajstić information content (AvgIpc) is 2.81. The number of carbonyl (C=O) groups is 2. The number of hydrogen-bond acceptors (Lipinski definition) is 2. The van der Waals surface area contributed by atoms with Crippen LogP contribution in [0.1, 0.15) is 30.9 Å². The van der Waals surface area contributed by atoms with E-state index in [-0.39, 0.29) is 6.03 Å². The first kappa shape index (κ1) is 15.4. The van der Waals surface area contributed by atoms with Crippen molar-refractivity contribution in [1.29, 1.82) is 0 Å². The molecule has 1 atom stereocenters. The molecule has 0 aliphatic carbocycles. The van der Waals surface area contributed by atoms with E-state index < -0.39 is 11.5 Å². The quantitative estimate of drug-likeness (QED) is 0.930. The minimum absolute atomic E-state index is 0.223. The number of amides is 2. The summed E-state index contributed by atoms with van der Waals surface area (Å²) in [5.41, 5.74) is 1.10. The molecule has 0 aromatic heterocycles. The number of aliphatic carboxylic acids is 1. The molecule has 1 aliphatic rings. The van der Waals surface area contributed by atoms with E-state index in [1.807, 2.05) is 31.2 Å². The van der Waals surface area contributed by atoms with Gasteiger partial charge in [0.1, 0.15) is 5.54 Å². The van der Waals surface area contributed by atoms with Crippen LogP contribution in [0.3, 0.4) is 0 Å². The highest BCUT2D eigenvalue weighted by Gasteiger charge is 2.46. The van der Waals surface area contributed by atoms with Gasteiger partial charge in [0, 0.05) is 20.1 Å². The summed E-state index contributed by atoms with van der Waals surface area (Å²) in [4.78, 5) is 27.1. The molecule has 1 N–H and O–H groups in total. The van der Waals surface area contributed by atoms with Gasteiger partial charge in [-0.1, -0.05) is 29.8 Å². The normalized spacial score (nSPS) is 21.4. The number of carboxylic acid groups (broad SMARTS) is 1. The summed E-state index contributed by atoms with van der Waals surface area (Å²) in [6, 6.07) is 7.74. The lowest BCUT2D eigenvalue weighted by atomic mass is 10.00. The molecule has 1 saturated heterocycles. The van der Waals surface area contributed by atoms with Crippen LogP contribution in [0.25, 0.3) is 0 Å². The third-order valence-electron chi connectivity index (χ3n) is 4.16. The van der Waals surface area contributed by atoms with Gasteiger partial charge < -0.3 is 14.9 Å². The van der Waals surface area contributed by atoms with Crippen molar-refractivity contribution in [3.8, 4) is 0 Å². The molecule has 1 heterocycles. The summed E-state index contributed by atoms with van der Waals surface area (Å²) in [5, 5.41) is 9.39. The van der Waals surface area contributed by atoms with E-state index in [0.29, 0.717) is 19.5 Å². The van der Waals surface area contributed by atoms with Crippen LogP contribution in [-0.2, 0) is 11.3 Å². The summed E-state index contributed by atoms with van der Waals surface area (Å²) in [5.74, 6) is -0.933. The molecule has 1 fully saturated rings. The molecule has 2 amide bonds. The maximum absolute atomic E-state index is 12.5. The molecule has 1 unspecified atom stereocenters. The van der Waals surface area contributed by atoms with Crippen molar-refractivity contribution in [2.45, 2.75) is 38.8 Å². The van der Waals surface area contributed by atoms with E-state index >= 15 is 0 Å². The monoisotopic (exact) mass is 290 g/mol. The fraction of sp³-hybridized carbons (Fsp3) is 0.500. The van der Waals surface area contributed by atoms with Gasteiger partial charge in [-0.25, -0.2) is 9.59 Å². The van der Waals surface area contributed by atoms with Gasteiger partial charge in [0.2, 0.25) is 0 Å². The summed E-state index contributed by atoms with van der Waals surface area (Å²) >= 11 is 0. The van der Waals surface area contributed by atoms with Gasteiger partial charge in [0.25, 0.3) is 0 Å². The lowest BCUT2D eigenvalue weighted by molar-refractivity contribution is -0.147. The van der Waals surface area contributed by atoms with Gasteiger partial charge >= 0.3 is 12.0 Å². The van der Waals surface area contributed by atoms with Gasteiger partial charge in [0.15, 0.2) is 0 Å². The maximum atomic E-state index is 12.5. The smallest absolute Gasteiger partial charge is 0.329 e. The molecular formula is C16H22N2O3. The van der Waals surface area contributed by atoms with Crippen molar-refractivity contribution in [2.24, 2.45) is 0 Å². The van der Waals surface area contributed by atoms with E-state index in [1.165, 1.54) is 4.90 Å². The van der Waals surface area contributed by atoms with E-state index in [2.05, 4.69) is 0 Å². The largest absolute Gasteiger partial charge is 0.480 e. The van der Waals surface area contributed by atoms with E-state index in [4.69, 9.17) is 0 Å². The van der Waals surface area contributed by atoms with Crippen LogP contribution in [0.4, 0.5) is 4.79 Å². The van der Waals surface area contributed by atoms with Gasteiger partial charge in [-0.15, -0.1) is 0 Å². The first-order valence-corrected chi connectivity index (χ1v) is 7.16. The molecule has 5 heteroatoms. The van der Waals surface area contributed by atoms with Crippen molar-refractivity contribution in [1.82, 2.24) is 9.80 Å². The number of carbonyl (C=O) groups excluding carboxylic acids is 1. The molecule has 2 rings (SSSR count). The highest BCUT2D eigenvalue weighted by Crippen LogP contribution is 2.30. The van der Waals surface area contributed by atoms with Crippen LogP contribution < -0.4 is 0 Å². The Morgan fingerprint density at radius 2 is 2.14 bits per heavy atom. The van der Waals surface area contributed by atoms with Crippen LogP contribution in [0.5, 0.6) is 0 Å². The van der Waals surface area contributed by atoms with Crippen molar-refractivity contribution in [2.75, 3.05) is 13.6 Å². The summed E-state index contributed by atoms with van der Waals surface area (Å²) in [7, 11) is 1.71. The molecule has 1 aliphatic heterocycles. The SMILES string of the molecule is Cc1cccc(CN(C)C(=O)N2CCCC2(C)C(=O)O)c1. The van der Waals surface area contributed by atoms with Crippen LogP contribution in [0, 0.1) is 6.92 Å². The number of benzene rings is 1. The molecule has 1 aromatic carbocycles. The Kier molecular flexibility index (Phi) is 4.21. The zero-order valence-corrected chi connectivity index (χ0v) is 12.8. The predicted molar refractivity (Wildman–Crippen MR) is 80.0 cm³/mol. The molecule has 114 valence electrons. The van der Waals surface area contributed by atoms with Gasteiger partial charge in [-0.3, -0.25) is 0 Å². The van der Waals surface area contributed by atoms with Crippen LogP contribution in [0.15, 0.2) is 24.3 Å². The third kappa shape index (κ3) is 3.01. The lowest BCUT2D eigenvalue weighted by Crippen LogP contribution is -2.54. The third-order valence-corrected chi connectivity index (χ3v) is 4.16. The Morgan fingerprint density at radius 1 is 1.43 bits per heavy atom. The van der Waals surface area contributed by atoms with Gasteiger partial charge in [-0.2, -0.15) is 0 Å². The predicted octanol–water partition coefficient (Wildman–Crippen LogP) is 2.49. The second kappa shape index (κ2) is 5.76. The van der Waals surface area contributed by atoms with Crippen molar-refractivity contribution < 1.29 is 14.7 Å². The Balaban J connectivity index is 2.10.